The number of benzene rings is 2. The van der Waals surface area contributed by atoms with Gasteiger partial charge >= 0.3 is 5.97 Å². The molecule has 29 heavy (non-hydrogen) atoms. The Kier molecular flexibility index (Phi) is 6.83. The van der Waals surface area contributed by atoms with Crippen LogP contribution in [0.25, 0.3) is 11.1 Å². The predicted octanol–water partition coefficient (Wildman–Crippen LogP) is 6.03. The third kappa shape index (κ3) is 5.33. The molecular formula is C24H25NO3S. The van der Waals surface area contributed by atoms with Crippen molar-refractivity contribution >= 4 is 28.9 Å². The summed E-state index contributed by atoms with van der Waals surface area (Å²) in [6, 6.07) is 17.6. The minimum absolute atomic E-state index is 0.322. The fraction of sp³-hybridized carbons (Fsp3) is 0.250. The van der Waals surface area contributed by atoms with Gasteiger partial charge in [0.2, 0.25) is 0 Å². The molecule has 0 aliphatic carbocycles. The lowest BCUT2D eigenvalue weighted by Crippen LogP contribution is -2.20. The van der Waals surface area contributed by atoms with E-state index in [1.54, 1.807) is 0 Å². The molecule has 0 aliphatic heterocycles. The first-order valence-electron chi connectivity index (χ1n) is 9.69. The molecule has 3 aromatic rings. The summed E-state index contributed by atoms with van der Waals surface area (Å²) in [5.41, 5.74) is 4.85. The van der Waals surface area contributed by atoms with Gasteiger partial charge in [-0.2, -0.15) is 0 Å². The molecule has 0 aliphatic rings. The molecule has 1 heterocycles. The van der Waals surface area contributed by atoms with Crippen molar-refractivity contribution in [2.45, 2.75) is 33.1 Å². The fourth-order valence-corrected chi connectivity index (χ4v) is 3.76. The molecule has 1 aromatic heterocycles. The lowest BCUT2D eigenvalue weighted by atomic mass is 9.99. The van der Waals surface area contributed by atoms with Gasteiger partial charge in [0, 0.05) is 11.3 Å². The van der Waals surface area contributed by atoms with E-state index in [1.165, 1.54) is 16.9 Å². The number of rotatable bonds is 7. The van der Waals surface area contributed by atoms with Crippen LogP contribution < -0.4 is 5.32 Å². The van der Waals surface area contributed by atoms with Crippen molar-refractivity contribution in [1.29, 1.82) is 0 Å². The van der Waals surface area contributed by atoms with E-state index >= 15 is 0 Å². The largest absolute Gasteiger partial charge is 0.451 e. The number of esters is 1. The Balaban J connectivity index is 1.58. The zero-order valence-electron chi connectivity index (χ0n) is 16.9. The normalized spacial score (nSPS) is 11.7. The van der Waals surface area contributed by atoms with Crippen molar-refractivity contribution in [3.05, 3.63) is 76.0 Å². The van der Waals surface area contributed by atoms with Crippen LogP contribution in [0.1, 0.15) is 47.0 Å². The van der Waals surface area contributed by atoms with E-state index in [0.29, 0.717) is 16.5 Å². The molecule has 150 valence electrons. The molecule has 3 rings (SSSR count). The summed E-state index contributed by atoms with van der Waals surface area (Å²) in [6.45, 7) is 6.01. The first-order chi connectivity index (χ1) is 14.0. The van der Waals surface area contributed by atoms with Crippen LogP contribution in [0.5, 0.6) is 0 Å². The van der Waals surface area contributed by atoms with Crippen LogP contribution in [0.3, 0.4) is 0 Å². The maximum atomic E-state index is 12.5. The fourth-order valence-electron chi connectivity index (χ4n) is 2.95. The van der Waals surface area contributed by atoms with Gasteiger partial charge in [-0.25, -0.2) is 4.79 Å². The predicted molar refractivity (Wildman–Crippen MR) is 119 cm³/mol. The van der Waals surface area contributed by atoms with E-state index in [1.807, 2.05) is 66.9 Å². The van der Waals surface area contributed by atoms with Crippen molar-refractivity contribution in [1.82, 2.24) is 0 Å². The average Bonchev–Trinajstić information content (AvgIpc) is 3.22. The van der Waals surface area contributed by atoms with E-state index in [-0.39, 0.29) is 12.5 Å². The summed E-state index contributed by atoms with van der Waals surface area (Å²) in [7, 11) is 0. The van der Waals surface area contributed by atoms with Crippen molar-refractivity contribution in [3.63, 3.8) is 0 Å². The van der Waals surface area contributed by atoms with Crippen molar-refractivity contribution in [2.24, 2.45) is 0 Å². The van der Waals surface area contributed by atoms with Crippen LogP contribution in [-0.2, 0) is 9.53 Å². The Bertz CT molecular complexity index is 974. The Hall–Kier alpha value is -2.92. The van der Waals surface area contributed by atoms with Crippen LogP contribution in [0.2, 0.25) is 0 Å². The van der Waals surface area contributed by atoms with Gasteiger partial charge in [0.25, 0.3) is 5.91 Å². The summed E-state index contributed by atoms with van der Waals surface area (Å²) in [5.74, 6) is -0.366. The molecule has 0 spiro atoms. The first kappa shape index (κ1) is 20.8. The topological polar surface area (TPSA) is 55.4 Å². The minimum Gasteiger partial charge on any atom is -0.451 e. The number of anilines is 1. The molecule has 1 atom stereocenters. The zero-order chi connectivity index (χ0) is 20.8. The van der Waals surface area contributed by atoms with Gasteiger partial charge in [-0.05, 0) is 54.0 Å². The molecule has 0 bridgehead atoms. The Labute approximate surface area is 175 Å². The van der Waals surface area contributed by atoms with Crippen molar-refractivity contribution in [2.75, 3.05) is 11.9 Å². The lowest BCUT2D eigenvalue weighted by molar-refractivity contribution is -0.119. The molecule has 1 amide bonds. The van der Waals surface area contributed by atoms with E-state index in [9.17, 15) is 9.59 Å². The molecule has 5 heteroatoms. The number of amides is 1. The highest BCUT2D eigenvalue weighted by atomic mass is 32.1. The minimum atomic E-state index is -0.488. The van der Waals surface area contributed by atoms with Crippen LogP contribution in [0.15, 0.2) is 60.0 Å². The van der Waals surface area contributed by atoms with Gasteiger partial charge < -0.3 is 10.1 Å². The second kappa shape index (κ2) is 9.52. The number of carbonyl (C=O) groups is 2. The van der Waals surface area contributed by atoms with Crippen molar-refractivity contribution < 1.29 is 14.3 Å². The van der Waals surface area contributed by atoms with E-state index in [0.717, 1.165) is 23.1 Å². The summed E-state index contributed by atoms with van der Waals surface area (Å²) < 4.78 is 5.25. The number of thiophene rings is 1. The summed E-state index contributed by atoms with van der Waals surface area (Å²) in [5, 5.41) is 4.62. The highest BCUT2D eigenvalue weighted by Crippen LogP contribution is 2.29. The molecule has 0 unspecified atom stereocenters. The maximum absolute atomic E-state index is 12.5. The number of carbonyl (C=O) groups excluding carboxylic acids is 2. The SMILES string of the molecule is CC[C@H](C)c1ccc(NC(=O)COC(=O)c2sccc2-c2ccc(C)cc2)cc1. The van der Waals surface area contributed by atoms with E-state index < -0.39 is 5.97 Å². The lowest BCUT2D eigenvalue weighted by Gasteiger charge is -2.11. The van der Waals surface area contributed by atoms with Crippen LogP contribution in [0.4, 0.5) is 5.69 Å². The molecule has 1 N–H and O–H groups in total. The highest BCUT2D eigenvalue weighted by Gasteiger charge is 2.17. The summed E-state index contributed by atoms with van der Waals surface area (Å²) in [6.07, 6.45) is 1.06. The molecular weight excluding hydrogens is 382 g/mol. The van der Waals surface area contributed by atoms with Crippen molar-refractivity contribution in [3.8, 4) is 11.1 Å². The summed E-state index contributed by atoms with van der Waals surface area (Å²) in [4.78, 5) is 25.2. The number of aryl methyl sites for hydroxylation is 1. The molecule has 0 radical (unpaired) electrons. The van der Waals surface area contributed by atoms with Gasteiger partial charge in [0.05, 0.1) is 0 Å². The number of nitrogens with one attached hydrogen (secondary N) is 1. The van der Waals surface area contributed by atoms with Gasteiger partial charge in [-0.3, -0.25) is 4.79 Å². The number of hydrogen-bond acceptors (Lipinski definition) is 4. The molecule has 0 fully saturated rings. The van der Waals surface area contributed by atoms with E-state index in [4.69, 9.17) is 4.74 Å². The zero-order valence-corrected chi connectivity index (χ0v) is 17.7. The highest BCUT2D eigenvalue weighted by molar-refractivity contribution is 7.12. The second-order valence-corrected chi connectivity index (χ2v) is 8.00. The Morgan fingerprint density at radius 2 is 1.72 bits per heavy atom. The van der Waals surface area contributed by atoms with Crippen LogP contribution >= 0.6 is 11.3 Å². The molecule has 2 aromatic carbocycles. The van der Waals surface area contributed by atoms with Gasteiger partial charge in [0.15, 0.2) is 6.61 Å². The molecule has 4 nitrogen and oxygen atoms in total. The third-order valence-electron chi connectivity index (χ3n) is 4.92. The molecule has 0 saturated carbocycles. The van der Waals surface area contributed by atoms with Gasteiger partial charge in [-0.1, -0.05) is 55.8 Å². The number of ether oxygens (including phenoxy) is 1. The third-order valence-corrected chi connectivity index (χ3v) is 5.82. The first-order valence-corrected chi connectivity index (χ1v) is 10.6. The smallest absolute Gasteiger partial charge is 0.349 e. The van der Waals surface area contributed by atoms with Crippen LogP contribution in [0, 0.1) is 6.92 Å². The van der Waals surface area contributed by atoms with E-state index in [2.05, 4.69) is 19.2 Å². The average molecular weight is 408 g/mol. The monoisotopic (exact) mass is 407 g/mol. The van der Waals surface area contributed by atoms with Gasteiger partial charge in [-0.15, -0.1) is 11.3 Å². The van der Waals surface area contributed by atoms with Gasteiger partial charge in [0.1, 0.15) is 4.88 Å². The second-order valence-electron chi connectivity index (χ2n) is 7.09. The Morgan fingerprint density at radius 3 is 2.38 bits per heavy atom. The molecule has 0 saturated heterocycles. The van der Waals surface area contributed by atoms with Crippen LogP contribution in [-0.4, -0.2) is 18.5 Å². The quantitative estimate of drug-likeness (QED) is 0.486. The summed E-state index contributed by atoms with van der Waals surface area (Å²) >= 11 is 1.31. The Morgan fingerprint density at radius 1 is 1.03 bits per heavy atom. The maximum Gasteiger partial charge on any atom is 0.349 e. The number of hydrogen-bond donors (Lipinski definition) is 1. The standard InChI is InChI=1S/C24H25NO3S/c1-4-17(3)18-9-11-20(12-10-18)25-22(26)15-28-24(27)23-21(13-14-29-23)19-7-5-16(2)6-8-19/h5-14,17H,4,15H2,1-3H3,(H,25,26)/t17-/m0/s1.